The van der Waals surface area contributed by atoms with Crippen LogP contribution in [0, 0.1) is 13.8 Å². The van der Waals surface area contributed by atoms with E-state index in [1.165, 1.54) is 0 Å². The van der Waals surface area contributed by atoms with Crippen LogP contribution in [0.2, 0.25) is 0 Å². The van der Waals surface area contributed by atoms with Crippen LogP contribution in [-0.2, 0) is 9.53 Å². The molecule has 10 heteroatoms. The fraction of sp³-hybridized carbons (Fsp3) is 0.368. The van der Waals surface area contributed by atoms with Crippen molar-refractivity contribution in [3.05, 3.63) is 35.2 Å². The minimum atomic E-state index is -0.793. The van der Waals surface area contributed by atoms with Crippen molar-refractivity contribution >= 4 is 23.6 Å². The van der Waals surface area contributed by atoms with Crippen LogP contribution in [0.5, 0.6) is 11.5 Å². The number of urea groups is 1. The molecule has 0 saturated carbocycles. The van der Waals surface area contributed by atoms with Gasteiger partial charge in [-0.25, -0.2) is 9.59 Å². The lowest BCUT2D eigenvalue weighted by Gasteiger charge is -2.13. The molecule has 1 aromatic carbocycles. The molecular weight excluding hydrogens is 382 g/mol. The van der Waals surface area contributed by atoms with E-state index in [-0.39, 0.29) is 11.3 Å². The summed E-state index contributed by atoms with van der Waals surface area (Å²) in [5.74, 6) is -0.260. The average Bonchev–Trinajstić information content (AvgIpc) is 3.00. The maximum atomic E-state index is 12.0. The van der Waals surface area contributed by atoms with E-state index in [4.69, 9.17) is 18.7 Å². The molecular formula is C19H23N3O7. The van der Waals surface area contributed by atoms with Crippen molar-refractivity contribution in [1.29, 1.82) is 0 Å². The van der Waals surface area contributed by atoms with Crippen molar-refractivity contribution in [3.63, 3.8) is 0 Å². The van der Waals surface area contributed by atoms with E-state index < -0.39 is 24.5 Å². The number of nitrogens with one attached hydrogen (secondary N) is 2. The molecule has 0 fully saturated rings. The number of anilines is 1. The van der Waals surface area contributed by atoms with Gasteiger partial charge in [-0.3, -0.25) is 10.1 Å². The lowest BCUT2D eigenvalue weighted by Crippen LogP contribution is -2.37. The predicted octanol–water partition coefficient (Wildman–Crippen LogP) is 2.59. The molecule has 2 N–H and O–H groups in total. The highest BCUT2D eigenvalue weighted by molar-refractivity contribution is 6.02. The second-order valence-corrected chi connectivity index (χ2v) is 5.81. The van der Waals surface area contributed by atoms with Crippen LogP contribution in [0.3, 0.4) is 0 Å². The summed E-state index contributed by atoms with van der Waals surface area (Å²) in [6.07, 6.45) is 0. The molecule has 0 bridgehead atoms. The monoisotopic (exact) mass is 405 g/mol. The van der Waals surface area contributed by atoms with Gasteiger partial charge in [0.05, 0.1) is 18.9 Å². The third-order valence-electron chi connectivity index (χ3n) is 3.63. The summed E-state index contributed by atoms with van der Waals surface area (Å²) in [5, 5.41) is 8.21. The summed E-state index contributed by atoms with van der Waals surface area (Å²) in [7, 11) is 0. The zero-order chi connectivity index (χ0) is 21.4. The van der Waals surface area contributed by atoms with E-state index in [2.05, 4.69) is 15.8 Å². The normalized spacial score (nSPS) is 10.2. The number of nitrogens with zero attached hydrogens (tertiary/aromatic N) is 1. The molecule has 3 amide bonds. The minimum absolute atomic E-state index is 0.153. The van der Waals surface area contributed by atoms with Gasteiger partial charge < -0.3 is 24.1 Å². The zero-order valence-corrected chi connectivity index (χ0v) is 16.7. The van der Waals surface area contributed by atoms with Crippen molar-refractivity contribution in [2.24, 2.45) is 0 Å². The van der Waals surface area contributed by atoms with Crippen LogP contribution < -0.4 is 20.1 Å². The molecule has 2 rings (SSSR count). The first-order valence-electron chi connectivity index (χ1n) is 8.96. The van der Waals surface area contributed by atoms with Gasteiger partial charge in [0.25, 0.3) is 5.91 Å². The van der Waals surface area contributed by atoms with Gasteiger partial charge in [0, 0.05) is 11.8 Å². The fourth-order valence-electron chi connectivity index (χ4n) is 2.43. The molecule has 10 nitrogen and oxygen atoms in total. The standard InChI is InChI=1S/C19H23N3O7/c1-5-26-14-8-7-13(9-15(14)27-6-2)20-19(25)21-16(23)10-28-18(24)17-11(3)22-29-12(17)4/h7-9H,5-6,10H2,1-4H3,(H2,20,21,23,25). The molecule has 156 valence electrons. The van der Waals surface area contributed by atoms with E-state index in [0.717, 1.165) is 0 Å². The van der Waals surface area contributed by atoms with Crippen LogP contribution in [-0.4, -0.2) is 42.9 Å². The van der Waals surface area contributed by atoms with Crippen molar-refractivity contribution in [2.45, 2.75) is 27.7 Å². The van der Waals surface area contributed by atoms with Crippen LogP contribution in [0.25, 0.3) is 0 Å². The third-order valence-corrected chi connectivity index (χ3v) is 3.63. The number of carbonyl (C=O) groups is 3. The first-order valence-corrected chi connectivity index (χ1v) is 8.96. The number of rotatable bonds is 8. The lowest BCUT2D eigenvalue weighted by atomic mass is 10.2. The molecule has 0 aliphatic carbocycles. The number of carbonyl (C=O) groups excluding carboxylic acids is 3. The summed E-state index contributed by atoms with van der Waals surface area (Å²) in [6.45, 7) is 7.05. The van der Waals surface area contributed by atoms with Crippen LogP contribution in [0.1, 0.15) is 35.7 Å². The minimum Gasteiger partial charge on any atom is -0.490 e. The second-order valence-electron chi connectivity index (χ2n) is 5.81. The molecule has 0 saturated heterocycles. The molecule has 1 aromatic heterocycles. The van der Waals surface area contributed by atoms with Crippen molar-refractivity contribution in [2.75, 3.05) is 25.1 Å². The average molecular weight is 405 g/mol. The Balaban J connectivity index is 1.89. The SMILES string of the molecule is CCOc1ccc(NC(=O)NC(=O)COC(=O)c2c(C)noc2C)cc1OCC. The second kappa shape index (κ2) is 10.1. The van der Waals surface area contributed by atoms with E-state index in [1.54, 1.807) is 32.0 Å². The topological polar surface area (TPSA) is 129 Å². The Morgan fingerprint density at radius 1 is 1.07 bits per heavy atom. The quantitative estimate of drug-likeness (QED) is 0.641. The highest BCUT2D eigenvalue weighted by Gasteiger charge is 2.20. The molecule has 0 unspecified atom stereocenters. The Morgan fingerprint density at radius 3 is 2.38 bits per heavy atom. The molecule has 0 aliphatic heterocycles. The summed E-state index contributed by atoms with van der Waals surface area (Å²) >= 11 is 0. The molecule has 0 aliphatic rings. The largest absolute Gasteiger partial charge is 0.490 e. The Kier molecular flexibility index (Phi) is 7.58. The number of amides is 3. The number of aryl methyl sites for hydroxylation is 2. The first-order chi connectivity index (χ1) is 13.8. The maximum Gasteiger partial charge on any atom is 0.344 e. The Hall–Kier alpha value is -3.56. The number of aromatic nitrogens is 1. The van der Waals surface area contributed by atoms with Crippen molar-refractivity contribution in [1.82, 2.24) is 10.5 Å². The third kappa shape index (κ3) is 5.96. The van der Waals surface area contributed by atoms with Gasteiger partial charge in [-0.15, -0.1) is 0 Å². The van der Waals surface area contributed by atoms with Gasteiger partial charge in [0.2, 0.25) is 0 Å². The summed E-state index contributed by atoms with van der Waals surface area (Å²) in [4.78, 5) is 35.9. The van der Waals surface area contributed by atoms with Gasteiger partial charge in [-0.05, 0) is 39.8 Å². The molecule has 1 heterocycles. The van der Waals surface area contributed by atoms with Crippen LogP contribution in [0.4, 0.5) is 10.5 Å². The maximum absolute atomic E-state index is 12.0. The Bertz CT molecular complexity index is 872. The van der Waals surface area contributed by atoms with Crippen LogP contribution >= 0.6 is 0 Å². The number of esters is 1. The molecule has 0 spiro atoms. The highest BCUT2D eigenvalue weighted by Crippen LogP contribution is 2.30. The molecule has 0 atom stereocenters. The van der Waals surface area contributed by atoms with E-state index in [1.807, 2.05) is 13.8 Å². The number of hydrogen-bond donors (Lipinski definition) is 2. The lowest BCUT2D eigenvalue weighted by molar-refractivity contribution is -0.123. The fourth-order valence-corrected chi connectivity index (χ4v) is 2.43. The number of ether oxygens (including phenoxy) is 3. The molecule has 29 heavy (non-hydrogen) atoms. The van der Waals surface area contributed by atoms with E-state index >= 15 is 0 Å². The predicted molar refractivity (Wildman–Crippen MR) is 102 cm³/mol. The van der Waals surface area contributed by atoms with Gasteiger partial charge in [0.1, 0.15) is 11.3 Å². The van der Waals surface area contributed by atoms with Gasteiger partial charge >= 0.3 is 12.0 Å². The molecule has 0 radical (unpaired) electrons. The zero-order valence-electron chi connectivity index (χ0n) is 16.7. The summed E-state index contributed by atoms with van der Waals surface area (Å²) in [5.41, 5.74) is 0.904. The van der Waals surface area contributed by atoms with E-state index in [0.29, 0.717) is 36.1 Å². The Labute approximate surface area is 167 Å². The van der Waals surface area contributed by atoms with Gasteiger partial charge in [0.15, 0.2) is 18.1 Å². The highest BCUT2D eigenvalue weighted by atomic mass is 16.5. The smallest absolute Gasteiger partial charge is 0.344 e. The first kappa shape index (κ1) is 21.7. The van der Waals surface area contributed by atoms with Crippen LogP contribution in [0.15, 0.2) is 22.7 Å². The van der Waals surface area contributed by atoms with Gasteiger partial charge in [-0.2, -0.15) is 0 Å². The van der Waals surface area contributed by atoms with Crippen molar-refractivity contribution < 1.29 is 33.1 Å². The summed E-state index contributed by atoms with van der Waals surface area (Å²) < 4.78 is 20.7. The number of imide groups is 1. The summed E-state index contributed by atoms with van der Waals surface area (Å²) in [6, 6.07) is 4.05. The van der Waals surface area contributed by atoms with Crippen molar-refractivity contribution in [3.8, 4) is 11.5 Å². The number of benzene rings is 1. The molecule has 2 aromatic rings. The van der Waals surface area contributed by atoms with Gasteiger partial charge in [-0.1, -0.05) is 5.16 Å². The Morgan fingerprint density at radius 2 is 1.76 bits per heavy atom. The van der Waals surface area contributed by atoms with E-state index in [9.17, 15) is 14.4 Å². The number of hydrogen-bond acceptors (Lipinski definition) is 8.